The topological polar surface area (TPSA) is 49.8 Å². The van der Waals surface area contributed by atoms with Gasteiger partial charge in [-0.2, -0.15) is 0 Å². The van der Waals surface area contributed by atoms with Crippen molar-refractivity contribution >= 4 is 11.8 Å². The van der Waals surface area contributed by atoms with Crippen LogP contribution in [0.1, 0.15) is 5.56 Å². The van der Waals surface area contributed by atoms with E-state index in [2.05, 4.69) is 0 Å². The van der Waals surface area contributed by atoms with Crippen molar-refractivity contribution in [2.24, 2.45) is 5.92 Å². The summed E-state index contributed by atoms with van der Waals surface area (Å²) in [6.45, 7) is 0.437. The smallest absolute Gasteiger partial charge is 0.411 e. The molecule has 4 rings (SSSR count). The number of amides is 1. The van der Waals surface area contributed by atoms with Crippen LogP contribution in [0.3, 0.4) is 0 Å². The lowest BCUT2D eigenvalue weighted by Crippen LogP contribution is -2.56. The molecular formula is C14H11NO3. The van der Waals surface area contributed by atoms with Gasteiger partial charge >= 0.3 is 6.09 Å². The first-order chi connectivity index (χ1) is 8.72. The van der Waals surface area contributed by atoms with Gasteiger partial charge in [0.2, 0.25) is 0 Å². The van der Waals surface area contributed by atoms with Crippen LogP contribution in [0.15, 0.2) is 42.5 Å². The molecule has 2 atom stereocenters. The molecule has 0 bridgehead atoms. The van der Waals surface area contributed by atoms with Gasteiger partial charge in [0.05, 0.1) is 11.3 Å². The van der Waals surface area contributed by atoms with Gasteiger partial charge in [-0.05, 0) is 18.2 Å². The minimum Gasteiger partial charge on any atom is -0.477 e. The fourth-order valence-corrected chi connectivity index (χ4v) is 3.12. The average Bonchev–Trinajstić information content (AvgIpc) is 2.35. The summed E-state index contributed by atoms with van der Waals surface area (Å²) in [7, 11) is 0. The Bertz CT molecular complexity index is 619. The van der Waals surface area contributed by atoms with E-state index in [0.717, 1.165) is 17.0 Å². The van der Waals surface area contributed by atoms with E-state index in [1.165, 1.54) is 4.90 Å². The van der Waals surface area contributed by atoms with E-state index in [-0.39, 0.29) is 5.92 Å². The zero-order valence-corrected chi connectivity index (χ0v) is 9.54. The number of hydrogen-bond acceptors (Lipinski definition) is 2. The summed E-state index contributed by atoms with van der Waals surface area (Å²) in [5.74, 6) is 0.851. The minimum atomic E-state index is -0.910. The van der Waals surface area contributed by atoms with Crippen molar-refractivity contribution in [2.75, 3.05) is 11.4 Å². The van der Waals surface area contributed by atoms with Crippen LogP contribution in [0, 0.1) is 5.92 Å². The summed E-state index contributed by atoms with van der Waals surface area (Å²) >= 11 is 0. The van der Waals surface area contributed by atoms with Crippen LogP contribution in [0.25, 0.3) is 0 Å². The number of anilines is 1. The van der Waals surface area contributed by atoms with E-state index >= 15 is 0 Å². The molecule has 1 amide bonds. The maximum Gasteiger partial charge on any atom is 0.411 e. The average molecular weight is 241 g/mol. The maximum atomic E-state index is 11.4. The first-order valence-electron chi connectivity index (χ1n) is 5.91. The lowest BCUT2D eigenvalue weighted by atomic mass is 9.71. The number of benzene rings is 1. The Labute approximate surface area is 104 Å². The van der Waals surface area contributed by atoms with Crippen molar-refractivity contribution in [3.63, 3.8) is 0 Å². The second-order valence-corrected chi connectivity index (χ2v) is 4.79. The van der Waals surface area contributed by atoms with Crippen LogP contribution in [0.5, 0.6) is 5.75 Å². The van der Waals surface area contributed by atoms with E-state index in [0.29, 0.717) is 6.54 Å². The van der Waals surface area contributed by atoms with E-state index in [1.54, 1.807) is 0 Å². The van der Waals surface area contributed by atoms with Gasteiger partial charge in [-0.15, -0.1) is 0 Å². The molecule has 0 saturated heterocycles. The zero-order valence-electron chi connectivity index (χ0n) is 9.54. The highest BCUT2D eigenvalue weighted by Crippen LogP contribution is 2.57. The van der Waals surface area contributed by atoms with E-state index in [1.807, 2.05) is 42.5 Å². The summed E-state index contributed by atoms with van der Waals surface area (Å²) in [5.41, 5.74) is 1.32. The first kappa shape index (κ1) is 9.76. The van der Waals surface area contributed by atoms with Crippen molar-refractivity contribution < 1.29 is 14.6 Å². The third-order valence-corrected chi connectivity index (χ3v) is 3.92. The van der Waals surface area contributed by atoms with Crippen LogP contribution in [-0.4, -0.2) is 17.7 Å². The van der Waals surface area contributed by atoms with Gasteiger partial charge in [-0.1, -0.05) is 24.3 Å². The van der Waals surface area contributed by atoms with Crippen molar-refractivity contribution in [1.29, 1.82) is 0 Å². The number of carboxylic acid groups (broad SMARTS) is 1. The Kier molecular flexibility index (Phi) is 1.60. The Morgan fingerprint density at radius 2 is 2.33 bits per heavy atom. The maximum absolute atomic E-state index is 11.4. The lowest BCUT2D eigenvalue weighted by molar-refractivity contribution is 0.0167. The lowest BCUT2D eigenvalue weighted by Gasteiger charge is -2.53. The van der Waals surface area contributed by atoms with E-state index < -0.39 is 11.7 Å². The van der Waals surface area contributed by atoms with Gasteiger partial charge in [0.25, 0.3) is 0 Å². The van der Waals surface area contributed by atoms with Gasteiger partial charge in [0.1, 0.15) is 5.75 Å². The molecule has 0 aromatic heterocycles. The second kappa shape index (κ2) is 2.96. The number of ether oxygens (including phenoxy) is 1. The van der Waals surface area contributed by atoms with Crippen LogP contribution >= 0.6 is 0 Å². The zero-order chi connectivity index (χ0) is 12.3. The van der Waals surface area contributed by atoms with Gasteiger partial charge in [-0.3, -0.25) is 4.90 Å². The molecule has 4 heteroatoms. The standard InChI is InChI=1S/C14H11NO3/c16-13(17)15-8-9-4-1-2-7-14(9)12-10(15)5-3-6-11(12)18-14/h1-7,9H,8H2,(H,16,17). The first-order valence-corrected chi connectivity index (χ1v) is 5.91. The molecule has 1 spiro atoms. The Hall–Kier alpha value is -2.23. The molecule has 3 aliphatic rings. The van der Waals surface area contributed by atoms with Gasteiger partial charge in [0, 0.05) is 12.5 Å². The van der Waals surface area contributed by atoms with Crippen molar-refractivity contribution in [1.82, 2.24) is 0 Å². The van der Waals surface area contributed by atoms with E-state index in [4.69, 9.17) is 4.74 Å². The molecule has 2 unspecified atom stereocenters. The Morgan fingerprint density at radius 3 is 3.17 bits per heavy atom. The number of allylic oxidation sites excluding steroid dienone is 2. The molecule has 4 nitrogen and oxygen atoms in total. The third kappa shape index (κ3) is 0.944. The second-order valence-electron chi connectivity index (χ2n) is 4.79. The molecule has 0 fully saturated rings. The van der Waals surface area contributed by atoms with Crippen molar-refractivity contribution in [3.8, 4) is 5.75 Å². The molecule has 1 N–H and O–H groups in total. The summed E-state index contributed by atoms with van der Waals surface area (Å²) in [4.78, 5) is 12.8. The molecule has 18 heavy (non-hydrogen) atoms. The van der Waals surface area contributed by atoms with Gasteiger partial charge in [0.15, 0.2) is 5.60 Å². The van der Waals surface area contributed by atoms with E-state index in [9.17, 15) is 9.90 Å². The largest absolute Gasteiger partial charge is 0.477 e. The third-order valence-electron chi connectivity index (χ3n) is 3.92. The summed E-state index contributed by atoms with van der Waals surface area (Å²) < 4.78 is 5.93. The minimum absolute atomic E-state index is 0.0565. The summed E-state index contributed by atoms with van der Waals surface area (Å²) in [6.07, 6.45) is 7.06. The molecule has 1 aromatic rings. The highest BCUT2D eigenvalue weighted by atomic mass is 16.5. The SMILES string of the molecule is O=C(O)N1CC2C=CC=CC23Oc2cccc1c23. The fourth-order valence-electron chi connectivity index (χ4n) is 3.12. The van der Waals surface area contributed by atoms with Crippen molar-refractivity contribution in [2.45, 2.75) is 5.60 Å². The number of rotatable bonds is 0. The number of nitrogens with zero attached hydrogens (tertiary/aromatic N) is 1. The molecule has 90 valence electrons. The Balaban J connectivity index is 1.97. The van der Waals surface area contributed by atoms with Crippen LogP contribution in [-0.2, 0) is 5.60 Å². The predicted octanol–water partition coefficient (Wildman–Crippen LogP) is 2.51. The molecule has 1 aromatic carbocycles. The molecular weight excluding hydrogens is 230 g/mol. The Morgan fingerprint density at radius 1 is 1.44 bits per heavy atom. The molecule has 2 heterocycles. The molecule has 0 radical (unpaired) electrons. The molecule has 0 saturated carbocycles. The summed E-state index contributed by atoms with van der Waals surface area (Å²) in [6, 6.07) is 5.57. The normalized spacial score (nSPS) is 30.0. The molecule has 2 aliphatic heterocycles. The highest BCUT2D eigenvalue weighted by Gasteiger charge is 2.55. The van der Waals surface area contributed by atoms with Crippen LogP contribution < -0.4 is 9.64 Å². The molecule has 1 aliphatic carbocycles. The van der Waals surface area contributed by atoms with Crippen LogP contribution in [0.4, 0.5) is 10.5 Å². The van der Waals surface area contributed by atoms with Crippen molar-refractivity contribution in [3.05, 3.63) is 48.1 Å². The number of carbonyl (C=O) groups is 1. The van der Waals surface area contributed by atoms with Crippen LogP contribution in [0.2, 0.25) is 0 Å². The fraction of sp³-hybridized carbons (Fsp3) is 0.214. The van der Waals surface area contributed by atoms with Gasteiger partial charge in [-0.25, -0.2) is 4.79 Å². The monoisotopic (exact) mass is 241 g/mol. The van der Waals surface area contributed by atoms with Gasteiger partial charge < -0.3 is 9.84 Å². The summed E-state index contributed by atoms with van der Waals surface area (Å²) in [5, 5.41) is 9.32. The quantitative estimate of drug-likeness (QED) is 0.759. The highest BCUT2D eigenvalue weighted by molar-refractivity contribution is 5.90. The predicted molar refractivity (Wildman–Crippen MR) is 65.9 cm³/mol. The number of hydrogen-bond donors (Lipinski definition) is 1.